The van der Waals surface area contributed by atoms with Crippen molar-refractivity contribution in [3.05, 3.63) is 71.2 Å². The van der Waals surface area contributed by atoms with Gasteiger partial charge in [-0.2, -0.15) is 0 Å². The number of ether oxygens (including phenoxy) is 1. The summed E-state index contributed by atoms with van der Waals surface area (Å²) >= 11 is 0. The number of aromatic nitrogens is 1. The molecule has 1 saturated carbocycles. The third-order valence-electron chi connectivity index (χ3n) is 7.71. The van der Waals surface area contributed by atoms with E-state index in [-0.39, 0.29) is 17.0 Å². The summed E-state index contributed by atoms with van der Waals surface area (Å²) in [6.45, 7) is 3.11. The molecule has 1 aromatic heterocycles. The molecule has 29 heavy (non-hydrogen) atoms. The van der Waals surface area contributed by atoms with Crippen LogP contribution >= 0.6 is 0 Å². The molecule has 1 N–H and O–H groups in total. The molecule has 0 bridgehead atoms. The quantitative estimate of drug-likeness (QED) is 0.647. The average Bonchev–Trinajstić information content (AvgIpc) is 3.09. The molecular formula is C25H27FN2O. The third-order valence-corrected chi connectivity index (χ3v) is 7.71. The van der Waals surface area contributed by atoms with Crippen molar-refractivity contribution in [1.29, 1.82) is 0 Å². The minimum atomic E-state index is -0.258. The zero-order valence-electron chi connectivity index (χ0n) is 16.7. The van der Waals surface area contributed by atoms with Gasteiger partial charge < -0.3 is 9.72 Å². The molecule has 0 atom stereocenters. The van der Waals surface area contributed by atoms with Gasteiger partial charge in [0, 0.05) is 29.5 Å². The Kier molecular flexibility index (Phi) is 3.91. The molecule has 3 aliphatic rings. The molecule has 6 rings (SSSR count). The zero-order valence-corrected chi connectivity index (χ0v) is 16.7. The second kappa shape index (κ2) is 6.41. The molecule has 3 heterocycles. The molecule has 150 valence electrons. The molecule has 1 saturated heterocycles. The summed E-state index contributed by atoms with van der Waals surface area (Å²) in [6, 6.07) is 16.1. The van der Waals surface area contributed by atoms with E-state index in [1.165, 1.54) is 36.3 Å². The van der Waals surface area contributed by atoms with Crippen LogP contribution in [-0.2, 0) is 22.3 Å². The van der Waals surface area contributed by atoms with E-state index in [0.29, 0.717) is 0 Å². The summed E-state index contributed by atoms with van der Waals surface area (Å²) in [5, 5.41) is 1.03. The highest BCUT2D eigenvalue weighted by atomic mass is 19.1. The third kappa shape index (κ3) is 2.55. The van der Waals surface area contributed by atoms with E-state index in [1.54, 1.807) is 12.1 Å². The summed E-state index contributed by atoms with van der Waals surface area (Å²) in [6.07, 6.45) is 6.35. The maximum absolute atomic E-state index is 13.9. The maximum Gasteiger partial charge on any atom is 0.123 e. The molecule has 2 aromatic carbocycles. The van der Waals surface area contributed by atoms with Gasteiger partial charge >= 0.3 is 0 Å². The van der Waals surface area contributed by atoms with E-state index in [9.17, 15) is 4.39 Å². The van der Waals surface area contributed by atoms with Crippen molar-refractivity contribution in [2.24, 2.45) is 0 Å². The minimum absolute atomic E-state index is 0.129. The van der Waals surface area contributed by atoms with Gasteiger partial charge in [-0.3, -0.25) is 4.90 Å². The monoisotopic (exact) mass is 390 g/mol. The normalized spacial score (nSPS) is 29.7. The van der Waals surface area contributed by atoms with Crippen LogP contribution in [0.3, 0.4) is 0 Å². The first-order valence-electron chi connectivity index (χ1n) is 11.0. The van der Waals surface area contributed by atoms with E-state index < -0.39 is 0 Å². The number of halogens is 1. The molecule has 3 aromatic rings. The van der Waals surface area contributed by atoms with E-state index in [2.05, 4.69) is 40.2 Å². The van der Waals surface area contributed by atoms with Crippen LogP contribution in [-0.4, -0.2) is 29.6 Å². The van der Waals surface area contributed by atoms with Gasteiger partial charge in [0.25, 0.3) is 0 Å². The largest absolute Gasteiger partial charge is 0.368 e. The lowest BCUT2D eigenvalue weighted by atomic mass is 9.67. The first-order chi connectivity index (χ1) is 14.2. The van der Waals surface area contributed by atoms with Gasteiger partial charge in [-0.05, 0) is 67.9 Å². The van der Waals surface area contributed by atoms with Crippen LogP contribution in [0.25, 0.3) is 10.9 Å². The summed E-state index contributed by atoms with van der Waals surface area (Å²) in [5.41, 5.74) is 4.82. The molecule has 1 spiro atoms. The van der Waals surface area contributed by atoms with Crippen molar-refractivity contribution in [3.8, 4) is 0 Å². The molecule has 4 heteroatoms. The number of nitrogens with one attached hydrogen (secondary N) is 1. The highest BCUT2D eigenvalue weighted by Gasteiger charge is 2.51. The van der Waals surface area contributed by atoms with Gasteiger partial charge in [-0.15, -0.1) is 0 Å². The number of likely N-dealkylation sites (tertiary alicyclic amines) is 1. The Bertz CT molecular complexity index is 1050. The minimum Gasteiger partial charge on any atom is -0.368 e. The predicted molar refractivity (Wildman–Crippen MR) is 112 cm³/mol. The van der Waals surface area contributed by atoms with Crippen LogP contribution in [0, 0.1) is 5.82 Å². The van der Waals surface area contributed by atoms with Gasteiger partial charge in [-0.1, -0.05) is 30.3 Å². The number of benzene rings is 2. The SMILES string of the molecule is Fc1ccc2[nH]c3c(c2c1)CCOC31CCC(c2ccccc2)(N2CCC2)CC1. The topological polar surface area (TPSA) is 28.3 Å². The Balaban J connectivity index is 1.39. The van der Waals surface area contributed by atoms with Gasteiger partial charge in [0.1, 0.15) is 11.4 Å². The fourth-order valence-corrected chi connectivity index (χ4v) is 6.03. The number of hydrogen-bond donors (Lipinski definition) is 1. The van der Waals surface area contributed by atoms with E-state index >= 15 is 0 Å². The van der Waals surface area contributed by atoms with Crippen LogP contribution in [0.15, 0.2) is 48.5 Å². The number of nitrogens with zero attached hydrogens (tertiary/aromatic N) is 1. The van der Waals surface area contributed by atoms with Crippen LogP contribution < -0.4 is 0 Å². The van der Waals surface area contributed by atoms with Crippen molar-refractivity contribution in [3.63, 3.8) is 0 Å². The Hall–Kier alpha value is -2.17. The maximum atomic E-state index is 13.9. The number of H-pyrrole nitrogens is 1. The molecule has 0 unspecified atom stereocenters. The summed E-state index contributed by atoms with van der Waals surface area (Å²) in [4.78, 5) is 6.30. The molecule has 2 aliphatic heterocycles. The molecule has 1 aliphatic carbocycles. The molecule has 3 nitrogen and oxygen atoms in total. The highest BCUT2D eigenvalue weighted by Crippen LogP contribution is 2.53. The Labute approximate surface area is 170 Å². The van der Waals surface area contributed by atoms with Crippen molar-refractivity contribution in [2.45, 2.75) is 49.7 Å². The van der Waals surface area contributed by atoms with Gasteiger partial charge in [0.05, 0.1) is 12.3 Å². The number of aromatic amines is 1. The van der Waals surface area contributed by atoms with Crippen LogP contribution in [0.1, 0.15) is 48.9 Å². The first kappa shape index (κ1) is 17.7. The second-order valence-electron chi connectivity index (χ2n) is 9.00. The lowest BCUT2D eigenvalue weighted by Crippen LogP contribution is -2.57. The fraction of sp³-hybridized carbons (Fsp3) is 0.440. The summed E-state index contributed by atoms with van der Waals surface area (Å²) in [7, 11) is 0. The van der Waals surface area contributed by atoms with Gasteiger partial charge in [0.15, 0.2) is 0 Å². The van der Waals surface area contributed by atoms with E-state index in [4.69, 9.17) is 4.74 Å². The standard InChI is InChI=1S/C25H27FN2O/c26-19-7-8-22-21(17-19)20-9-16-29-25(23(20)27-22)12-10-24(11-13-25,28-14-4-15-28)18-5-2-1-3-6-18/h1-3,5-8,17,27H,4,9-16H2. The molecule has 2 fully saturated rings. The average molecular weight is 391 g/mol. The summed E-state index contributed by atoms with van der Waals surface area (Å²) < 4.78 is 20.4. The number of fused-ring (bicyclic) bond motifs is 4. The van der Waals surface area contributed by atoms with Crippen molar-refractivity contribution < 1.29 is 9.13 Å². The van der Waals surface area contributed by atoms with Gasteiger partial charge in [-0.25, -0.2) is 4.39 Å². The van der Waals surface area contributed by atoms with Crippen molar-refractivity contribution in [1.82, 2.24) is 9.88 Å². The lowest BCUT2D eigenvalue weighted by molar-refractivity contribution is -0.126. The highest BCUT2D eigenvalue weighted by molar-refractivity contribution is 5.85. The molecule has 0 radical (unpaired) electrons. The second-order valence-corrected chi connectivity index (χ2v) is 9.00. The van der Waals surface area contributed by atoms with Crippen LogP contribution in [0.2, 0.25) is 0 Å². The van der Waals surface area contributed by atoms with Crippen LogP contribution in [0.5, 0.6) is 0 Å². The fourth-order valence-electron chi connectivity index (χ4n) is 6.03. The predicted octanol–water partition coefficient (Wildman–Crippen LogP) is 5.25. The van der Waals surface area contributed by atoms with Crippen molar-refractivity contribution >= 4 is 10.9 Å². The first-order valence-corrected chi connectivity index (χ1v) is 11.0. The Morgan fingerprint density at radius 1 is 0.966 bits per heavy atom. The Morgan fingerprint density at radius 3 is 2.48 bits per heavy atom. The lowest BCUT2D eigenvalue weighted by Gasteiger charge is -2.55. The molecular weight excluding hydrogens is 363 g/mol. The van der Waals surface area contributed by atoms with Crippen molar-refractivity contribution in [2.75, 3.05) is 19.7 Å². The number of hydrogen-bond acceptors (Lipinski definition) is 2. The van der Waals surface area contributed by atoms with E-state index in [0.717, 1.165) is 49.6 Å². The molecule has 0 amide bonds. The van der Waals surface area contributed by atoms with E-state index in [1.807, 2.05) is 6.07 Å². The van der Waals surface area contributed by atoms with Gasteiger partial charge in [0.2, 0.25) is 0 Å². The smallest absolute Gasteiger partial charge is 0.123 e. The number of rotatable bonds is 2. The zero-order chi connectivity index (χ0) is 19.5. The Morgan fingerprint density at radius 2 is 1.76 bits per heavy atom. The van der Waals surface area contributed by atoms with Crippen LogP contribution in [0.4, 0.5) is 4.39 Å². The summed E-state index contributed by atoms with van der Waals surface area (Å²) in [5.74, 6) is -0.163.